The van der Waals surface area contributed by atoms with Crippen molar-refractivity contribution in [2.75, 3.05) is 0 Å². The fourth-order valence-corrected chi connectivity index (χ4v) is 1.23. The molecule has 1 aromatic rings. The smallest absolute Gasteiger partial charge is 0.325 e. The number of rotatable bonds is 3. The number of carboxylic acid groups (broad SMARTS) is 1. The van der Waals surface area contributed by atoms with E-state index in [1.54, 1.807) is 0 Å². The lowest BCUT2D eigenvalue weighted by molar-refractivity contribution is -0.138. The van der Waals surface area contributed by atoms with Crippen molar-refractivity contribution < 1.29 is 19.1 Å². The van der Waals surface area contributed by atoms with Crippen molar-refractivity contribution in [2.45, 2.75) is 13.0 Å². The molecular weight excluding hydrogens is 237 g/mol. The van der Waals surface area contributed by atoms with Gasteiger partial charge in [-0.2, -0.15) is 0 Å². The van der Waals surface area contributed by atoms with Gasteiger partial charge in [-0.15, -0.1) is 0 Å². The molecule has 0 radical (unpaired) electrons. The van der Waals surface area contributed by atoms with Gasteiger partial charge in [-0.1, -0.05) is 17.7 Å². The third-order valence-corrected chi connectivity index (χ3v) is 2.30. The number of aliphatic carboxylic acids is 1. The molecular formula is C10H9ClFNO3. The molecule has 1 atom stereocenters. The van der Waals surface area contributed by atoms with E-state index >= 15 is 0 Å². The van der Waals surface area contributed by atoms with E-state index in [9.17, 15) is 14.0 Å². The first-order valence-corrected chi connectivity index (χ1v) is 4.79. The van der Waals surface area contributed by atoms with Gasteiger partial charge in [-0.05, 0) is 19.1 Å². The van der Waals surface area contributed by atoms with Crippen LogP contribution in [0.4, 0.5) is 4.39 Å². The van der Waals surface area contributed by atoms with Gasteiger partial charge in [0.25, 0.3) is 5.91 Å². The zero-order chi connectivity index (χ0) is 12.3. The molecule has 1 aromatic carbocycles. The van der Waals surface area contributed by atoms with Gasteiger partial charge in [0.05, 0.1) is 10.6 Å². The molecule has 0 aliphatic carbocycles. The van der Waals surface area contributed by atoms with Crippen molar-refractivity contribution in [3.8, 4) is 0 Å². The molecule has 0 aromatic heterocycles. The fraction of sp³-hybridized carbons (Fsp3) is 0.200. The Morgan fingerprint density at radius 2 is 2.12 bits per heavy atom. The van der Waals surface area contributed by atoms with Crippen LogP contribution in [-0.2, 0) is 4.79 Å². The lowest BCUT2D eigenvalue weighted by Gasteiger charge is -2.10. The summed E-state index contributed by atoms with van der Waals surface area (Å²) in [6.07, 6.45) is 0. The quantitative estimate of drug-likeness (QED) is 0.852. The topological polar surface area (TPSA) is 66.4 Å². The maximum Gasteiger partial charge on any atom is 0.325 e. The molecule has 1 amide bonds. The minimum Gasteiger partial charge on any atom is -0.480 e. The largest absolute Gasteiger partial charge is 0.480 e. The predicted molar refractivity (Wildman–Crippen MR) is 56.0 cm³/mol. The van der Waals surface area contributed by atoms with Crippen LogP contribution in [0.25, 0.3) is 0 Å². The summed E-state index contributed by atoms with van der Waals surface area (Å²) in [6, 6.07) is 2.68. The Hall–Kier alpha value is -1.62. The standard InChI is InChI=1S/C10H9ClFNO3/c1-5(10(15)16)13-9(14)6-3-2-4-7(12)8(6)11/h2-5H,1H3,(H,13,14)(H,15,16)/t5-/m0/s1. The molecule has 0 bridgehead atoms. The number of benzene rings is 1. The second-order valence-electron chi connectivity index (χ2n) is 3.13. The molecule has 0 aliphatic heterocycles. The third-order valence-electron chi connectivity index (χ3n) is 1.91. The van der Waals surface area contributed by atoms with E-state index in [1.807, 2.05) is 0 Å². The van der Waals surface area contributed by atoms with Crippen molar-refractivity contribution in [3.05, 3.63) is 34.6 Å². The highest BCUT2D eigenvalue weighted by Gasteiger charge is 2.18. The molecule has 1 rings (SSSR count). The zero-order valence-corrected chi connectivity index (χ0v) is 9.08. The van der Waals surface area contributed by atoms with Crippen molar-refractivity contribution in [1.82, 2.24) is 5.32 Å². The summed E-state index contributed by atoms with van der Waals surface area (Å²) in [6.45, 7) is 1.30. The van der Waals surface area contributed by atoms with Gasteiger partial charge < -0.3 is 10.4 Å². The van der Waals surface area contributed by atoms with Crippen molar-refractivity contribution in [3.63, 3.8) is 0 Å². The fourth-order valence-electron chi connectivity index (χ4n) is 1.02. The van der Waals surface area contributed by atoms with Gasteiger partial charge in [0, 0.05) is 0 Å². The van der Waals surface area contributed by atoms with Gasteiger partial charge >= 0.3 is 5.97 Å². The third kappa shape index (κ3) is 2.70. The first kappa shape index (κ1) is 12.4. The second-order valence-corrected chi connectivity index (χ2v) is 3.51. The van der Waals surface area contributed by atoms with E-state index in [4.69, 9.17) is 16.7 Å². The molecule has 2 N–H and O–H groups in total. The molecule has 0 saturated heterocycles. The van der Waals surface area contributed by atoms with Crippen LogP contribution in [0.5, 0.6) is 0 Å². The van der Waals surface area contributed by atoms with Gasteiger partial charge in [0.15, 0.2) is 0 Å². The highest BCUT2D eigenvalue weighted by molar-refractivity contribution is 6.34. The maximum absolute atomic E-state index is 13.0. The minimum absolute atomic E-state index is 0.0882. The zero-order valence-electron chi connectivity index (χ0n) is 8.33. The Morgan fingerprint density at radius 3 is 2.69 bits per heavy atom. The predicted octanol–water partition coefficient (Wildman–Crippen LogP) is 1.68. The van der Waals surface area contributed by atoms with Gasteiger partial charge in [0.2, 0.25) is 0 Å². The molecule has 0 unspecified atom stereocenters. The summed E-state index contributed by atoms with van der Waals surface area (Å²) >= 11 is 5.57. The maximum atomic E-state index is 13.0. The molecule has 0 aliphatic rings. The van der Waals surface area contributed by atoms with Gasteiger partial charge in [-0.25, -0.2) is 4.39 Å². The number of amides is 1. The summed E-state index contributed by atoms with van der Waals surface area (Å²) in [5.74, 6) is -2.63. The Kier molecular flexibility index (Phi) is 3.84. The summed E-state index contributed by atoms with van der Waals surface area (Å²) in [4.78, 5) is 22.0. The number of hydrogen-bond donors (Lipinski definition) is 2. The lowest BCUT2D eigenvalue weighted by Crippen LogP contribution is -2.38. The Morgan fingerprint density at radius 1 is 1.50 bits per heavy atom. The number of halogens is 2. The second kappa shape index (κ2) is 4.94. The molecule has 0 heterocycles. The van der Waals surface area contributed by atoms with Crippen LogP contribution in [0, 0.1) is 5.82 Å². The highest BCUT2D eigenvalue weighted by Crippen LogP contribution is 2.19. The normalized spacial score (nSPS) is 11.9. The number of carbonyl (C=O) groups excluding carboxylic acids is 1. The van der Waals surface area contributed by atoms with Crippen LogP contribution in [0.3, 0.4) is 0 Å². The molecule has 0 fully saturated rings. The first-order chi connectivity index (χ1) is 7.43. The van der Waals surface area contributed by atoms with E-state index in [0.717, 1.165) is 6.07 Å². The highest BCUT2D eigenvalue weighted by atomic mass is 35.5. The van der Waals surface area contributed by atoms with Crippen LogP contribution in [-0.4, -0.2) is 23.0 Å². The summed E-state index contributed by atoms with van der Waals surface area (Å²) in [7, 11) is 0. The van der Waals surface area contributed by atoms with Crippen LogP contribution in [0.1, 0.15) is 17.3 Å². The van der Waals surface area contributed by atoms with Crippen molar-refractivity contribution in [2.24, 2.45) is 0 Å². The molecule has 4 nitrogen and oxygen atoms in total. The van der Waals surface area contributed by atoms with Crippen LogP contribution >= 0.6 is 11.6 Å². The van der Waals surface area contributed by atoms with Crippen molar-refractivity contribution in [1.29, 1.82) is 0 Å². The van der Waals surface area contributed by atoms with Crippen LogP contribution in [0.15, 0.2) is 18.2 Å². The number of hydrogen-bond acceptors (Lipinski definition) is 2. The van der Waals surface area contributed by atoms with E-state index < -0.39 is 23.7 Å². The van der Waals surface area contributed by atoms with Crippen molar-refractivity contribution >= 4 is 23.5 Å². The van der Waals surface area contributed by atoms with Crippen LogP contribution in [0.2, 0.25) is 5.02 Å². The van der Waals surface area contributed by atoms with E-state index in [-0.39, 0.29) is 10.6 Å². The molecule has 6 heteroatoms. The van der Waals surface area contributed by atoms with E-state index in [1.165, 1.54) is 19.1 Å². The molecule has 0 spiro atoms. The summed E-state index contributed by atoms with van der Waals surface area (Å²) in [5.41, 5.74) is -0.0882. The minimum atomic E-state index is -1.18. The Bertz CT molecular complexity index is 436. The number of carboxylic acids is 1. The first-order valence-electron chi connectivity index (χ1n) is 4.41. The average Bonchev–Trinajstić information content (AvgIpc) is 2.21. The van der Waals surface area contributed by atoms with Gasteiger partial charge in [0.1, 0.15) is 11.9 Å². The van der Waals surface area contributed by atoms with Crippen LogP contribution < -0.4 is 5.32 Å². The van der Waals surface area contributed by atoms with Gasteiger partial charge in [-0.3, -0.25) is 9.59 Å². The summed E-state index contributed by atoms with van der Waals surface area (Å²) in [5, 5.41) is 10.4. The molecule has 16 heavy (non-hydrogen) atoms. The molecule has 0 saturated carbocycles. The Balaban J connectivity index is 2.89. The molecule has 86 valence electrons. The van der Waals surface area contributed by atoms with E-state index in [0.29, 0.717) is 0 Å². The Labute approximate surface area is 96.0 Å². The monoisotopic (exact) mass is 245 g/mol. The number of carbonyl (C=O) groups is 2. The average molecular weight is 246 g/mol. The number of nitrogens with one attached hydrogen (secondary N) is 1. The lowest BCUT2D eigenvalue weighted by atomic mass is 10.2. The SMILES string of the molecule is C[C@H](NC(=O)c1cccc(F)c1Cl)C(=O)O. The summed E-state index contributed by atoms with van der Waals surface area (Å²) < 4.78 is 13.0. The van der Waals surface area contributed by atoms with E-state index in [2.05, 4.69) is 5.32 Å².